The zero-order valence-electron chi connectivity index (χ0n) is 17.8. The standard InChI is InChI=1S/C29H21N2O2/c32-31(25-9-2-1-3-10-25)26-11-4-5-12-28(26)33-29-14-13-24(20-27(29)31)23-8-6-7-22(19-23)21-15-17-30-18-16-21/h1-20,32H/q+1. The van der Waals surface area contributed by atoms with Crippen LogP contribution in [-0.4, -0.2) is 10.2 Å². The van der Waals surface area contributed by atoms with Gasteiger partial charge in [-0.15, -0.1) is 0 Å². The van der Waals surface area contributed by atoms with Gasteiger partial charge in [-0.2, -0.15) is 0 Å². The molecule has 4 aromatic carbocycles. The Morgan fingerprint density at radius 2 is 1.21 bits per heavy atom. The van der Waals surface area contributed by atoms with Gasteiger partial charge in [0.25, 0.3) is 0 Å². The van der Waals surface area contributed by atoms with Crippen LogP contribution in [0.1, 0.15) is 0 Å². The van der Waals surface area contributed by atoms with Crippen molar-refractivity contribution in [3.05, 3.63) is 122 Å². The van der Waals surface area contributed by atoms with Gasteiger partial charge in [0, 0.05) is 36.7 Å². The Morgan fingerprint density at radius 1 is 0.545 bits per heavy atom. The van der Waals surface area contributed by atoms with Gasteiger partial charge in [0.05, 0.1) is 0 Å². The first-order valence-electron chi connectivity index (χ1n) is 10.8. The van der Waals surface area contributed by atoms with Gasteiger partial charge in [-0.3, -0.25) is 4.98 Å². The average Bonchev–Trinajstić information content (AvgIpc) is 2.90. The van der Waals surface area contributed by atoms with Crippen molar-refractivity contribution in [1.82, 2.24) is 9.63 Å². The molecule has 4 heteroatoms. The van der Waals surface area contributed by atoms with Crippen molar-refractivity contribution < 1.29 is 9.94 Å². The molecular weight excluding hydrogens is 408 g/mol. The molecule has 0 aliphatic carbocycles. The second-order valence-electron chi connectivity index (χ2n) is 8.04. The lowest BCUT2D eigenvalue weighted by atomic mass is 9.98. The molecule has 0 fully saturated rings. The van der Waals surface area contributed by atoms with Crippen LogP contribution in [0, 0.1) is 0 Å². The van der Waals surface area contributed by atoms with Crippen molar-refractivity contribution in [3.8, 4) is 33.8 Å². The lowest BCUT2D eigenvalue weighted by molar-refractivity contribution is 0.0273. The van der Waals surface area contributed by atoms with Gasteiger partial charge >= 0.3 is 0 Å². The van der Waals surface area contributed by atoms with E-state index in [1.54, 1.807) is 12.4 Å². The molecule has 0 spiro atoms. The predicted octanol–water partition coefficient (Wildman–Crippen LogP) is 7.88. The molecular formula is C29H21N2O2+. The topological polar surface area (TPSA) is 42.4 Å². The third-order valence-corrected chi connectivity index (χ3v) is 6.08. The van der Waals surface area contributed by atoms with Crippen LogP contribution in [0.15, 0.2) is 122 Å². The Bertz CT molecular complexity index is 1450. The molecule has 6 rings (SSSR count). The quantitative estimate of drug-likeness (QED) is 0.297. The van der Waals surface area contributed by atoms with Crippen molar-refractivity contribution in [1.29, 1.82) is 0 Å². The van der Waals surface area contributed by atoms with E-state index in [9.17, 15) is 5.21 Å². The lowest BCUT2D eigenvalue weighted by Crippen LogP contribution is -2.37. The number of hydrogen-bond acceptors (Lipinski definition) is 3. The van der Waals surface area contributed by atoms with Crippen molar-refractivity contribution in [2.24, 2.45) is 0 Å². The van der Waals surface area contributed by atoms with E-state index in [2.05, 4.69) is 29.2 Å². The summed E-state index contributed by atoms with van der Waals surface area (Å²) >= 11 is 0. The summed E-state index contributed by atoms with van der Waals surface area (Å²) in [4.78, 5) is 4.12. The first kappa shape index (κ1) is 19.4. The van der Waals surface area contributed by atoms with Crippen molar-refractivity contribution in [2.75, 3.05) is 0 Å². The Balaban J connectivity index is 1.53. The van der Waals surface area contributed by atoms with Gasteiger partial charge in [-0.05, 0) is 52.6 Å². The van der Waals surface area contributed by atoms with E-state index < -0.39 is 4.65 Å². The Hall–Kier alpha value is -4.25. The highest BCUT2D eigenvalue weighted by atomic mass is 16.6. The predicted molar refractivity (Wildman–Crippen MR) is 131 cm³/mol. The monoisotopic (exact) mass is 429 g/mol. The minimum atomic E-state index is -0.454. The van der Waals surface area contributed by atoms with Gasteiger partial charge < -0.3 is 4.74 Å². The second kappa shape index (κ2) is 7.71. The lowest BCUT2D eigenvalue weighted by Gasteiger charge is -2.34. The molecule has 1 N–H and O–H groups in total. The number of fused-ring (bicyclic) bond motifs is 2. The number of aromatic nitrogens is 1. The fourth-order valence-electron chi connectivity index (χ4n) is 4.44. The van der Waals surface area contributed by atoms with E-state index in [0.717, 1.165) is 27.9 Å². The maximum atomic E-state index is 12.2. The van der Waals surface area contributed by atoms with Crippen molar-refractivity contribution >= 4 is 17.1 Å². The van der Waals surface area contributed by atoms with E-state index >= 15 is 0 Å². The first-order chi connectivity index (χ1) is 16.2. The highest BCUT2D eigenvalue weighted by molar-refractivity contribution is 5.83. The molecule has 5 aromatic rings. The Labute approximate surface area is 192 Å². The van der Waals surface area contributed by atoms with Crippen molar-refractivity contribution in [3.63, 3.8) is 0 Å². The van der Waals surface area contributed by atoms with Gasteiger partial charge in [0.15, 0.2) is 17.2 Å². The van der Waals surface area contributed by atoms with Gasteiger partial charge in [-0.25, -0.2) is 5.21 Å². The third kappa shape index (κ3) is 3.21. The molecule has 158 valence electrons. The van der Waals surface area contributed by atoms with Gasteiger partial charge in [0.2, 0.25) is 11.4 Å². The van der Waals surface area contributed by atoms with Crippen LogP contribution in [-0.2, 0) is 0 Å². The molecule has 0 saturated carbocycles. The Kier molecular flexibility index (Phi) is 4.54. The molecule has 0 radical (unpaired) electrons. The number of benzene rings is 4. The molecule has 0 saturated heterocycles. The molecule has 1 atom stereocenters. The minimum absolute atomic E-state index is 0.454. The fourth-order valence-corrected chi connectivity index (χ4v) is 4.44. The smallest absolute Gasteiger partial charge is 0.219 e. The van der Waals surface area contributed by atoms with E-state index in [1.807, 2.05) is 84.9 Å². The number of ether oxygens (including phenoxy) is 1. The summed E-state index contributed by atoms with van der Waals surface area (Å²) < 4.78 is 5.74. The normalized spacial score (nSPS) is 16.4. The summed E-state index contributed by atoms with van der Waals surface area (Å²) in [6.07, 6.45) is 3.60. The molecule has 1 unspecified atom stereocenters. The SMILES string of the molecule is O[N+]1(c2ccccc2)c2ccccc2Oc2ccc(-c3cccc(-c4ccncc4)c3)cc21. The van der Waals surface area contributed by atoms with Crippen LogP contribution in [0.2, 0.25) is 0 Å². The Morgan fingerprint density at radius 3 is 2.03 bits per heavy atom. The van der Waals surface area contributed by atoms with Crippen LogP contribution in [0.3, 0.4) is 0 Å². The summed E-state index contributed by atoms with van der Waals surface area (Å²) in [5.41, 5.74) is 6.38. The highest BCUT2D eigenvalue weighted by Crippen LogP contribution is 2.55. The largest absolute Gasteiger partial charge is 0.445 e. The molecule has 0 bridgehead atoms. The third-order valence-electron chi connectivity index (χ3n) is 6.08. The molecule has 1 aliphatic heterocycles. The van der Waals surface area contributed by atoms with Crippen LogP contribution < -0.4 is 9.38 Å². The maximum Gasteiger partial charge on any atom is 0.219 e. The summed E-state index contributed by atoms with van der Waals surface area (Å²) in [6.45, 7) is 0. The minimum Gasteiger partial charge on any atom is -0.445 e. The number of pyridine rings is 1. The molecule has 4 nitrogen and oxygen atoms in total. The van der Waals surface area contributed by atoms with Crippen LogP contribution in [0.25, 0.3) is 22.3 Å². The van der Waals surface area contributed by atoms with E-state index in [1.165, 1.54) is 0 Å². The highest BCUT2D eigenvalue weighted by Gasteiger charge is 2.44. The summed E-state index contributed by atoms with van der Waals surface area (Å²) in [6, 6.07) is 35.7. The maximum absolute atomic E-state index is 12.2. The van der Waals surface area contributed by atoms with Gasteiger partial charge in [-0.1, -0.05) is 59.2 Å². The number of hydrogen-bond donors (Lipinski definition) is 1. The zero-order chi connectivity index (χ0) is 22.3. The second-order valence-corrected chi connectivity index (χ2v) is 8.04. The van der Waals surface area contributed by atoms with E-state index in [0.29, 0.717) is 22.9 Å². The molecule has 33 heavy (non-hydrogen) atoms. The van der Waals surface area contributed by atoms with Crippen LogP contribution >= 0.6 is 0 Å². The molecule has 0 amide bonds. The zero-order valence-corrected chi connectivity index (χ0v) is 17.8. The summed E-state index contributed by atoms with van der Waals surface area (Å²) in [5, 5.41) is 12.2. The number of rotatable bonds is 3. The van der Waals surface area contributed by atoms with Gasteiger partial charge in [0.1, 0.15) is 0 Å². The molecule has 1 aliphatic rings. The molecule has 2 heterocycles. The first-order valence-corrected chi connectivity index (χ1v) is 10.8. The summed E-state index contributed by atoms with van der Waals surface area (Å²) in [5.74, 6) is 1.28. The number of nitrogens with zero attached hydrogens (tertiary/aromatic N) is 2. The van der Waals surface area contributed by atoms with Crippen LogP contribution in [0.4, 0.5) is 17.1 Å². The van der Waals surface area contributed by atoms with E-state index in [-0.39, 0.29) is 0 Å². The fraction of sp³-hybridized carbons (Fsp3) is 0. The van der Waals surface area contributed by atoms with Crippen molar-refractivity contribution in [2.45, 2.75) is 0 Å². The van der Waals surface area contributed by atoms with E-state index in [4.69, 9.17) is 4.74 Å². The van der Waals surface area contributed by atoms with Crippen LogP contribution in [0.5, 0.6) is 11.5 Å². The molecule has 1 aromatic heterocycles. The number of quaternary nitrogens is 1. The number of para-hydroxylation sites is 3. The average molecular weight is 429 g/mol. The summed E-state index contributed by atoms with van der Waals surface area (Å²) in [7, 11) is 0.